The van der Waals surface area contributed by atoms with Crippen LogP contribution in [0, 0.1) is 11.6 Å². The first kappa shape index (κ1) is 19.7. The summed E-state index contributed by atoms with van der Waals surface area (Å²) in [4.78, 5) is 26.6. The molecule has 2 aliphatic rings. The van der Waals surface area contributed by atoms with Gasteiger partial charge in [0.1, 0.15) is 11.6 Å². The summed E-state index contributed by atoms with van der Waals surface area (Å²) in [5, 5.41) is 9.44. The number of amides is 1. The number of halogens is 3. The summed E-state index contributed by atoms with van der Waals surface area (Å²) in [6, 6.07) is 14.9. The zero-order valence-electron chi connectivity index (χ0n) is 16.1. The Kier molecular flexibility index (Phi) is 4.38. The number of fused-ring (bicyclic) bond motifs is 2. The quantitative estimate of drug-likeness (QED) is 0.601. The first-order valence-electron chi connectivity index (χ1n) is 9.70. The normalized spacial score (nSPS) is 21.5. The van der Waals surface area contributed by atoms with Crippen LogP contribution in [0.2, 0.25) is 5.02 Å². The standard InChI is InChI=1S/C24H16ClF2NO3/c25-20-7-1-13(9-17(20)22(29)30)12-28-21-8-6-16(27)10-18(21)24(23(28)31)11-19(24)14-2-4-15(26)5-3-14/h1-10,19H,11-12H2,(H,29,30)/t19-,24?/m0/s1. The summed E-state index contributed by atoms with van der Waals surface area (Å²) in [6.45, 7) is 0.132. The number of aromatic carboxylic acids is 1. The minimum absolute atomic E-state index is 0.0459. The summed E-state index contributed by atoms with van der Waals surface area (Å²) in [6.07, 6.45) is 0.505. The highest BCUT2D eigenvalue weighted by Gasteiger charge is 2.67. The largest absolute Gasteiger partial charge is 0.478 e. The number of hydrogen-bond donors (Lipinski definition) is 1. The van der Waals surface area contributed by atoms with E-state index in [2.05, 4.69) is 0 Å². The van der Waals surface area contributed by atoms with Crippen LogP contribution in [0.1, 0.15) is 39.4 Å². The highest BCUT2D eigenvalue weighted by molar-refractivity contribution is 6.33. The Hall–Kier alpha value is -3.25. The van der Waals surface area contributed by atoms with E-state index in [1.165, 1.54) is 36.4 Å². The highest BCUT2D eigenvalue weighted by Crippen LogP contribution is 2.66. The predicted octanol–water partition coefficient (Wildman–Crippen LogP) is 5.29. The van der Waals surface area contributed by atoms with Crippen LogP contribution < -0.4 is 4.90 Å². The Bertz CT molecular complexity index is 1240. The van der Waals surface area contributed by atoms with Crippen LogP contribution in [0.25, 0.3) is 0 Å². The molecule has 3 aromatic carbocycles. The van der Waals surface area contributed by atoms with Crippen molar-refractivity contribution >= 4 is 29.2 Å². The lowest BCUT2D eigenvalue weighted by Crippen LogP contribution is -2.32. The van der Waals surface area contributed by atoms with Crippen LogP contribution in [0.3, 0.4) is 0 Å². The molecule has 5 rings (SSSR count). The van der Waals surface area contributed by atoms with Gasteiger partial charge >= 0.3 is 5.97 Å². The number of hydrogen-bond acceptors (Lipinski definition) is 2. The van der Waals surface area contributed by atoms with Crippen molar-refractivity contribution < 1.29 is 23.5 Å². The third kappa shape index (κ3) is 3.01. The minimum atomic E-state index is -1.16. The van der Waals surface area contributed by atoms with Crippen molar-refractivity contribution in [2.45, 2.75) is 24.3 Å². The van der Waals surface area contributed by atoms with Gasteiger partial charge in [-0.1, -0.05) is 29.8 Å². The van der Waals surface area contributed by atoms with E-state index in [1.54, 1.807) is 29.2 Å². The minimum Gasteiger partial charge on any atom is -0.478 e. The van der Waals surface area contributed by atoms with Crippen molar-refractivity contribution in [3.63, 3.8) is 0 Å². The monoisotopic (exact) mass is 439 g/mol. The molecule has 1 aliphatic carbocycles. The first-order valence-corrected chi connectivity index (χ1v) is 10.1. The molecule has 1 spiro atoms. The number of benzene rings is 3. The number of carboxylic acid groups (broad SMARTS) is 1. The molecule has 0 bridgehead atoms. The smallest absolute Gasteiger partial charge is 0.337 e. The second-order valence-electron chi connectivity index (χ2n) is 7.95. The average molecular weight is 440 g/mol. The van der Waals surface area contributed by atoms with Crippen LogP contribution in [0.15, 0.2) is 60.7 Å². The maximum absolute atomic E-state index is 14.1. The van der Waals surface area contributed by atoms with Gasteiger partial charge in [-0.2, -0.15) is 0 Å². The first-order chi connectivity index (χ1) is 14.8. The molecular formula is C24H16ClF2NO3. The van der Waals surface area contributed by atoms with Gasteiger partial charge in [-0.05, 0) is 65.6 Å². The number of anilines is 1. The molecule has 0 radical (unpaired) electrons. The Balaban J connectivity index is 1.54. The van der Waals surface area contributed by atoms with E-state index in [-0.39, 0.29) is 34.8 Å². The summed E-state index contributed by atoms with van der Waals surface area (Å²) in [7, 11) is 0. The molecule has 1 heterocycles. The molecule has 1 aliphatic heterocycles. The molecule has 1 saturated carbocycles. The number of carbonyl (C=O) groups is 2. The number of carboxylic acids is 1. The van der Waals surface area contributed by atoms with Crippen molar-refractivity contribution in [3.05, 3.63) is 99.6 Å². The number of nitrogens with zero attached hydrogens (tertiary/aromatic N) is 1. The fourth-order valence-electron chi connectivity index (χ4n) is 4.64. The zero-order valence-corrected chi connectivity index (χ0v) is 16.9. The molecule has 7 heteroatoms. The number of carbonyl (C=O) groups excluding carboxylic acids is 1. The second-order valence-corrected chi connectivity index (χ2v) is 8.36. The maximum Gasteiger partial charge on any atom is 0.337 e. The van der Waals surface area contributed by atoms with E-state index in [0.29, 0.717) is 23.2 Å². The Morgan fingerprint density at radius 2 is 1.77 bits per heavy atom. The summed E-state index contributed by atoms with van der Waals surface area (Å²) in [5.41, 5.74) is 1.70. The number of rotatable bonds is 4. The van der Waals surface area contributed by atoms with Gasteiger partial charge in [0.25, 0.3) is 0 Å². The zero-order chi connectivity index (χ0) is 21.9. The molecule has 0 saturated heterocycles. The fourth-order valence-corrected chi connectivity index (χ4v) is 4.83. The molecule has 31 heavy (non-hydrogen) atoms. The molecule has 1 amide bonds. The molecular weight excluding hydrogens is 424 g/mol. The van der Waals surface area contributed by atoms with Gasteiger partial charge in [-0.25, -0.2) is 13.6 Å². The van der Waals surface area contributed by atoms with E-state index in [0.717, 1.165) is 5.56 Å². The van der Waals surface area contributed by atoms with E-state index in [4.69, 9.17) is 11.6 Å². The molecule has 0 aromatic heterocycles. The molecule has 1 fully saturated rings. The van der Waals surface area contributed by atoms with E-state index >= 15 is 0 Å². The van der Waals surface area contributed by atoms with Crippen LogP contribution in [0.4, 0.5) is 14.5 Å². The van der Waals surface area contributed by atoms with Crippen molar-refractivity contribution in [2.24, 2.45) is 0 Å². The fraction of sp³-hybridized carbons (Fsp3) is 0.167. The van der Waals surface area contributed by atoms with Crippen molar-refractivity contribution in [2.75, 3.05) is 4.90 Å². The Labute approximate surface area is 181 Å². The van der Waals surface area contributed by atoms with E-state index in [1.807, 2.05) is 0 Å². The summed E-state index contributed by atoms with van der Waals surface area (Å²) < 4.78 is 27.5. The topological polar surface area (TPSA) is 57.6 Å². The molecule has 3 aromatic rings. The van der Waals surface area contributed by atoms with Crippen LogP contribution in [0.5, 0.6) is 0 Å². The second kappa shape index (κ2) is 6.89. The van der Waals surface area contributed by atoms with Crippen molar-refractivity contribution in [1.82, 2.24) is 0 Å². The lowest BCUT2D eigenvalue weighted by Gasteiger charge is -2.19. The van der Waals surface area contributed by atoms with Crippen LogP contribution >= 0.6 is 11.6 Å². The lowest BCUT2D eigenvalue weighted by molar-refractivity contribution is -0.120. The molecule has 1 unspecified atom stereocenters. The molecule has 1 N–H and O–H groups in total. The SMILES string of the molecule is O=C(O)c1cc(CN2C(=O)C3(C[C@H]3c3ccc(F)cc3)c3cc(F)ccc32)ccc1Cl. The highest BCUT2D eigenvalue weighted by atomic mass is 35.5. The Morgan fingerprint density at radius 3 is 2.48 bits per heavy atom. The van der Waals surface area contributed by atoms with Crippen LogP contribution in [-0.2, 0) is 16.8 Å². The van der Waals surface area contributed by atoms with Gasteiger partial charge in [-0.15, -0.1) is 0 Å². The van der Waals surface area contributed by atoms with Crippen molar-refractivity contribution in [3.8, 4) is 0 Å². The van der Waals surface area contributed by atoms with Gasteiger partial charge in [0.2, 0.25) is 5.91 Å². The van der Waals surface area contributed by atoms with Gasteiger partial charge < -0.3 is 10.0 Å². The van der Waals surface area contributed by atoms with Gasteiger partial charge in [0, 0.05) is 11.6 Å². The third-order valence-electron chi connectivity index (χ3n) is 6.19. The van der Waals surface area contributed by atoms with Crippen LogP contribution in [-0.4, -0.2) is 17.0 Å². The molecule has 156 valence electrons. The van der Waals surface area contributed by atoms with Gasteiger partial charge in [0.05, 0.1) is 22.5 Å². The summed E-state index contributed by atoms with van der Waals surface area (Å²) in [5.74, 6) is -2.30. The predicted molar refractivity (Wildman–Crippen MR) is 111 cm³/mol. The lowest BCUT2D eigenvalue weighted by atomic mass is 9.92. The Morgan fingerprint density at radius 1 is 1.06 bits per heavy atom. The summed E-state index contributed by atoms with van der Waals surface area (Å²) >= 11 is 5.96. The molecule has 2 atom stereocenters. The molecule has 4 nitrogen and oxygen atoms in total. The maximum atomic E-state index is 14.1. The average Bonchev–Trinajstić information content (AvgIpc) is 3.45. The van der Waals surface area contributed by atoms with E-state index in [9.17, 15) is 23.5 Å². The van der Waals surface area contributed by atoms with Gasteiger partial charge in [0.15, 0.2) is 0 Å². The van der Waals surface area contributed by atoms with E-state index < -0.39 is 17.2 Å². The third-order valence-corrected chi connectivity index (χ3v) is 6.52. The van der Waals surface area contributed by atoms with Gasteiger partial charge in [-0.3, -0.25) is 4.79 Å². The van der Waals surface area contributed by atoms with Crippen molar-refractivity contribution in [1.29, 1.82) is 0 Å².